The van der Waals surface area contributed by atoms with E-state index in [-0.39, 0.29) is 17.6 Å². The average molecular weight is 363 g/mol. The molecule has 1 heterocycles. The molecule has 0 aliphatic carbocycles. The number of carbonyl (C=O) groups excluding carboxylic acids is 1. The molecule has 140 valence electrons. The lowest BCUT2D eigenvalue weighted by atomic mass is 10.0. The molecule has 1 aromatic heterocycles. The Kier molecular flexibility index (Phi) is 5.72. The first-order valence-electron chi connectivity index (χ1n) is 8.99. The van der Waals surface area contributed by atoms with Crippen molar-refractivity contribution < 1.29 is 9.32 Å². The van der Waals surface area contributed by atoms with Crippen LogP contribution < -0.4 is 5.32 Å². The van der Waals surface area contributed by atoms with Gasteiger partial charge in [0.15, 0.2) is 11.5 Å². The highest BCUT2D eigenvalue weighted by Gasteiger charge is 2.18. The highest BCUT2D eigenvalue weighted by atomic mass is 16.5. The number of hydrogen-bond acceptors (Lipinski definition) is 4. The molecule has 0 aliphatic heterocycles. The number of nitrogens with zero attached hydrogens (tertiary/aromatic N) is 2. The molecule has 1 atom stereocenters. The predicted octanol–water partition coefficient (Wildman–Crippen LogP) is 3.99. The van der Waals surface area contributed by atoms with Gasteiger partial charge in [-0.1, -0.05) is 64.8 Å². The van der Waals surface area contributed by atoms with Crippen LogP contribution in [-0.2, 0) is 0 Å². The van der Waals surface area contributed by atoms with Gasteiger partial charge in [0.05, 0.1) is 6.04 Å². The van der Waals surface area contributed by atoms with Crippen molar-refractivity contribution in [1.29, 1.82) is 0 Å². The minimum Gasteiger partial charge on any atom is -0.355 e. The van der Waals surface area contributed by atoms with Crippen LogP contribution in [0.15, 0.2) is 59.1 Å². The lowest BCUT2D eigenvalue weighted by Gasteiger charge is -2.25. The first kappa shape index (κ1) is 18.9. The van der Waals surface area contributed by atoms with Crippen LogP contribution in [-0.4, -0.2) is 36.6 Å². The second kappa shape index (κ2) is 8.18. The van der Waals surface area contributed by atoms with E-state index in [0.717, 1.165) is 11.1 Å². The number of benzene rings is 2. The number of hydrogen-bond donors (Lipinski definition) is 1. The van der Waals surface area contributed by atoms with E-state index in [2.05, 4.69) is 46.6 Å². The largest absolute Gasteiger partial charge is 0.355 e. The van der Waals surface area contributed by atoms with Gasteiger partial charge < -0.3 is 14.7 Å². The maximum atomic E-state index is 12.5. The van der Waals surface area contributed by atoms with E-state index in [0.29, 0.717) is 12.3 Å². The maximum absolute atomic E-state index is 12.5. The van der Waals surface area contributed by atoms with Gasteiger partial charge in [-0.25, -0.2) is 0 Å². The Morgan fingerprint density at radius 1 is 1.04 bits per heavy atom. The average Bonchev–Trinajstić information content (AvgIpc) is 3.14. The molecule has 0 unspecified atom stereocenters. The SMILES string of the molecule is Cc1ccc(-c2cc(C(=O)NC[C@@H](c3ccc(C)cc3)N(C)C)no2)cc1. The third-order valence-electron chi connectivity index (χ3n) is 4.62. The number of aryl methyl sites for hydroxylation is 2. The van der Waals surface area contributed by atoms with Crippen LogP contribution in [0.25, 0.3) is 11.3 Å². The van der Waals surface area contributed by atoms with Crippen molar-refractivity contribution in [3.63, 3.8) is 0 Å². The van der Waals surface area contributed by atoms with Crippen LogP contribution in [0.1, 0.15) is 33.2 Å². The Morgan fingerprint density at radius 3 is 2.22 bits per heavy atom. The smallest absolute Gasteiger partial charge is 0.273 e. The molecule has 0 spiro atoms. The Hall–Kier alpha value is -2.92. The van der Waals surface area contributed by atoms with E-state index >= 15 is 0 Å². The van der Waals surface area contributed by atoms with E-state index in [1.165, 1.54) is 11.1 Å². The van der Waals surface area contributed by atoms with Crippen LogP contribution in [0.3, 0.4) is 0 Å². The zero-order valence-corrected chi connectivity index (χ0v) is 16.2. The minimum atomic E-state index is -0.240. The van der Waals surface area contributed by atoms with Gasteiger partial charge in [-0.3, -0.25) is 4.79 Å². The van der Waals surface area contributed by atoms with E-state index in [1.807, 2.05) is 45.3 Å². The molecular weight excluding hydrogens is 338 g/mol. The summed E-state index contributed by atoms with van der Waals surface area (Å²) in [4.78, 5) is 14.6. The highest BCUT2D eigenvalue weighted by Crippen LogP contribution is 2.21. The summed E-state index contributed by atoms with van der Waals surface area (Å²) in [5, 5.41) is 6.89. The normalized spacial score (nSPS) is 12.2. The number of amides is 1. The van der Waals surface area contributed by atoms with E-state index in [9.17, 15) is 4.79 Å². The molecule has 2 aromatic carbocycles. The number of likely N-dealkylation sites (N-methyl/N-ethyl adjacent to an activating group) is 1. The molecule has 0 aliphatic rings. The number of nitrogens with one attached hydrogen (secondary N) is 1. The Bertz CT molecular complexity index is 896. The molecule has 3 rings (SSSR count). The lowest BCUT2D eigenvalue weighted by Crippen LogP contribution is -2.34. The summed E-state index contributed by atoms with van der Waals surface area (Å²) in [7, 11) is 4.00. The fourth-order valence-corrected chi connectivity index (χ4v) is 2.90. The van der Waals surface area contributed by atoms with Gasteiger partial charge in [0.25, 0.3) is 5.91 Å². The van der Waals surface area contributed by atoms with Gasteiger partial charge in [-0.2, -0.15) is 0 Å². The second-order valence-corrected chi connectivity index (χ2v) is 7.04. The topological polar surface area (TPSA) is 58.4 Å². The molecular formula is C22H25N3O2. The quantitative estimate of drug-likeness (QED) is 0.719. The van der Waals surface area contributed by atoms with Crippen molar-refractivity contribution in [3.05, 3.63) is 77.0 Å². The van der Waals surface area contributed by atoms with Crippen molar-refractivity contribution in [2.45, 2.75) is 19.9 Å². The van der Waals surface area contributed by atoms with E-state index in [4.69, 9.17) is 4.52 Å². The number of aromatic nitrogens is 1. The third-order valence-corrected chi connectivity index (χ3v) is 4.62. The molecule has 1 N–H and O–H groups in total. The molecule has 0 saturated carbocycles. The molecule has 1 amide bonds. The molecule has 3 aromatic rings. The van der Waals surface area contributed by atoms with Gasteiger partial charge in [-0.05, 0) is 33.5 Å². The first-order chi connectivity index (χ1) is 12.9. The van der Waals surface area contributed by atoms with Gasteiger partial charge in [-0.15, -0.1) is 0 Å². The van der Waals surface area contributed by atoms with Crippen molar-refractivity contribution in [2.24, 2.45) is 0 Å². The van der Waals surface area contributed by atoms with Crippen LogP contribution in [0, 0.1) is 13.8 Å². The van der Waals surface area contributed by atoms with Crippen molar-refractivity contribution in [3.8, 4) is 11.3 Å². The second-order valence-electron chi connectivity index (χ2n) is 7.04. The van der Waals surface area contributed by atoms with Crippen LogP contribution in [0.5, 0.6) is 0 Å². The third kappa shape index (κ3) is 4.63. The van der Waals surface area contributed by atoms with Gasteiger partial charge in [0, 0.05) is 18.2 Å². The molecule has 5 nitrogen and oxygen atoms in total. The van der Waals surface area contributed by atoms with Gasteiger partial charge >= 0.3 is 0 Å². The Morgan fingerprint density at radius 2 is 1.63 bits per heavy atom. The highest BCUT2D eigenvalue weighted by molar-refractivity contribution is 5.93. The lowest BCUT2D eigenvalue weighted by molar-refractivity contribution is 0.0933. The number of carbonyl (C=O) groups is 1. The summed E-state index contributed by atoms with van der Waals surface area (Å²) in [5.74, 6) is 0.346. The molecule has 0 radical (unpaired) electrons. The molecule has 27 heavy (non-hydrogen) atoms. The van der Waals surface area contributed by atoms with Crippen LogP contribution >= 0.6 is 0 Å². The Labute approximate surface area is 160 Å². The minimum absolute atomic E-state index is 0.0815. The van der Waals surface area contributed by atoms with E-state index in [1.54, 1.807) is 6.07 Å². The van der Waals surface area contributed by atoms with Crippen LogP contribution in [0.2, 0.25) is 0 Å². The summed E-state index contributed by atoms with van der Waals surface area (Å²) in [5.41, 5.74) is 4.73. The Balaban J connectivity index is 1.67. The zero-order chi connectivity index (χ0) is 19.4. The summed E-state index contributed by atoms with van der Waals surface area (Å²) in [6.45, 7) is 4.58. The van der Waals surface area contributed by atoms with E-state index < -0.39 is 0 Å². The fourth-order valence-electron chi connectivity index (χ4n) is 2.90. The van der Waals surface area contributed by atoms with Crippen LogP contribution in [0.4, 0.5) is 0 Å². The van der Waals surface area contributed by atoms with Gasteiger partial charge in [0.2, 0.25) is 0 Å². The zero-order valence-electron chi connectivity index (χ0n) is 16.2. The molecule has 0 bridgehead atoms. The van der Waals surface area contributed by atoms with Crippen molar-refractivity contribution in [2.75, 3.05) is 20.6 Å². The summed E-state index contributed by atoms with van der Waals surface area (Å²) in [6.07, 6.45) is 0. The maximum Gasteiger partial charge on any atom is 0.273 e. The summed E-state index contributed by atoms with van der Waals surface area (Å²) in [6, 6.07) is 18.0. The predicted molar refractivity (Wildman–Crippen MR) is 107 cm³/mol. The van der Waals surface area contributed by atoms with Crippen molar-refractivity contribution >= 4 is 5.91 Å². The monoisotopic (exact) mass is 363 g/mol. The molecule has 0 fully saturated rings. The number of rotatable bonds is 6. The summed E-state index contributed by atoms with van der Waals surface area (Å²) < 4.78 is 5.34. The standard InChI is InChI=1S/C22H25N3O2/c1-15-5-9-17(10-6-15)20(25(3)4)14-23-22(26)19-13-21(27-24-19)18-11-7-16(2)8-12-18/h5-13,20H,14H2,1-4H3,(H,23,26)/t20-/m0/s1. The first-order valence-corrected chi connectivity index (χ1v) is 8.99. The summed E-state index contributed by atoms with van der Waals surface area (Å²) >= 11 is 0. The van der Waals surface area contributed by atoms with Gasteiger partial charge in [0.1, 0.15) is 0 Å². The van der Waals surface area contributed by atoms with Crippen molar-refractivity contribution in [1.82, 2.24) is 15.4 Å². The molecule has 5 heteroatoms. The molecule has 0 saturated heterocycles. The fraction of sp³-hybridized carbons (Fsp3) is 0.273.